The molecule has 0 fully saturated rings. The largest absolute Gasteiger partial charge is 0.382 e. The molecule has 1 N–H and O–H groups in total. The van der Waals surface area contributed by atoms with Crippen LogP contribution in [0.2, 0.25) is 0 Å². The van der Waals surface area contributed by atoms with Crippen molar-refractivity contribution in [2.75, 3.05) is 11.9 Å². The van der Waals surface area contributed by atoms with Gasteiger partial charge in [0.1, 0.15) is 4.47 Å². The molecule has 0 saturated heterocycles. The molecule has 1 aliphatic carbocycles. The average molecular weight is 348 g/mol. The van der Waals surface area contributed by atoms with Gasteiger partial charge in [-0.25, -0.2) is 4.68 Å². The minimum Gasteiger partial charge on any atom is -0.382 e. The molecule has 2 aromatic rings. The van der Waals surface area contributed by atoms with Crippen molar-refractivity contribution in [2.24, 2.45) is 0 Å². The van der Waals surface area contributed by atoms with Crippen LogP contribution in [0.5, 0.6) is 0 Å². The van der Waals surface area contributed by atoms with Crippen LogP contribution in [-0.2, 0) is 6.42 Å². The van der Waals surface area contributed by atoms with Crippen molar-refractivity contribution in [1.29, 1.82) is 0 Å². The van der Waals surface area contributed by atoms with Crippen LogP contribution in [0.1, 0.15) is 36.9 Å². The zero-order valence-corrected chi connectivity index (χ0v) is 13.7. The first-order valence-electron chi connectivity index (χ1n) is 7.17. The summed E-state index contributed by atoms with van der Waals surface area (Å²) in [4.78, 5) is 12.2. The van der Waals surface area contributed by atoms with E-state index in [1.54, 1.807) is 6.20 Å². The number of nitrogens with one attached hydrogen (secondary N) is 1. The van der Waals surface area contributed by atoms with Crippen LogP contribution in [0.15, 0.2) is 39.7 Å². The minimum atomic E-state index is -0.0935. The molecule has 110 valence electrons. The summed E-state index contributed by atoms with van der Waals surface area (Å²) in [5.74, 6) is 0.514. The van der Waals surface area contributed by atoms with E-state index in [9.17, 15) is 4.79 Å². The number of halogens is 1. The van der Waals surface area contributed by atoms with Gasteiger partial charge in [-0.2, -0.15) is 5.10 Å². The second kappa shape index (κ2) is 5.64. The van der Waals surface area contributed by atoms with Crippen LogP contribution in [0.3, 0.4) is 0 Å². The van der Waals surface area contributed by atoms with Gasteiger partial charge in [0.2, 0.25) is 0 Å². The molecular weight excluding hydrogens is 330 g/mol. The fraction of sp³-hybridized carbons (Fsp3) is 0.375. The monoisotopic (exact) mass is 347 g/mol. The van der Waals surface area contributed by atoms with Gasteiger partial charge in [-0.3, -0.25) is 4.79 Å². The second-order valence-corrected chi connectivity index (χ2v) is 6.49. The fourth-order valence-electron chi connectivity index (χ4n) is 2.71. The summed E-state index contributed by atoms with van der Waals surface area (Å²) >= 11 is 3.39. The Morgan fingerprint density at radius 3 is 2.90 bits per heavy atom. The van der Waals surface area contributed by atoms with Crippen molar-refractivity contribution in [3.63, 3.8) is 0 Å². The van der Waals surface area contributed by atoms with E-state index in [1.807, 2.05) is 13.8 Å². The van der Waals surface area contributed by atoms with E-state index in [4.69, 9.17) is 0 Å². The molecule has 21 heavy (non-hydrogen) atoms. The molecule has 0 aliphatic heterocycles. The van der Waals surface area contributed by atoms with Crippen molar-refractivity contribution >= 4 is 21.6 Å². The third-order valence-electron chi connectivity index (χ3n) is 3.93. The van der Waals surface area contributed by atoms with Crippen LogP contribution >= 0.6 is 15.9 Å². The summed E-state index contributed by atoms with van der Waals surface area (Å²) in [5.41, 5.74) is 3.51. The fourth-order valence-corrected chi connectivity index (χ4v) is 3.14. The molecule has 1 heterocycles. The Labute approximate surface area is 132 Å². The maximum Gasteiger partial charge on any atom is 0.283 e. The summed E-state index contributed by atoms with van der Waals surface area (Å²) in [5, 5.41) is 7.56. The van der Waals surface area contributed by atoms with Crippen molar-refractivity contribution in [3.8, 4) is 0 Å². The molecule has 1 aromatic heterocycles. The maximum absolute atomic E-state index is 12.2. The van der Waals surface area contributed by atoms with E-state index >= 15 is 0 Å². The van der Waals surface area contributed by atoms with Crippen molar-refractivity contribution in [1.82, 2.24) is 9.78 Å². The quantitative estimate of drug-likeness (QED) is 0.922. The predicted octanol–water partition coefficient (Wildman–Crippen LogP) is 3.34. The number of rotatable bonds is 4. The number of nitrogens with zero attached hydrogens (tertiary/aromatic N) is 2. The lowest BCUT2D eigenvalue weighted by molar-refractivity contribution is 0.501. The molecule has 1 atom stereocenters. The Bertz CT molecular complexity index is 724. The number of fused-ring (bicyclic) bond motifs is 1. The first-order valence-corrected chi connectivity index (χ1v) is 7.96. The normalized spacial score (nSPS) is 16.5. The molecule has 0 saturated carbocycles. The zero-order valence-electron chi connectivity index (χ0n) is 12.1. The number of hydrogen-bond donors (Lipinski definition) is 1. The van der Waals surface area contributed by atoms with E-state index in [-0.39, 0.29) is 11.6 Å². The van der Waals surface area contributed by atoms with Crippen LogP contribution in [0.25, 0.3) is 0 Å². The van der Waals surface area contributed by atoms with E-state index in [0.717, 1.165) is 18.7 Å². The Hall–Kier alpha value is -1.62. The molecule has 0 radical (unpaired) electrons. The Morgan fingerprint density at radius 2 is 2.19 bits per heavy atom. The van der Waals surface area contributed by atoms with Crippen LogP contribution in [0.4, 0.5) is 5.69 Å². The van der Waals surface area contributed by atoms with Gasteiger partial charge in [0.05, 0.1) is 17.9 Å². The Kier molecular flexibility index (Phi) is 3.85. The van der Waals surface area contributed by atoms with Crippen molar-refractivity contribution in [3.05, 3.63) is 56.4 Å². The number of anilines is 1. The molecule has 5 heteroatoms. The van der Waals surface area contributed by atoms with E-state index < -0.39 is 0 Å². The van der Waals surface area contributed by atoms with Crippen LogP contribution < -0.4 is 10.9 Å². The highest BCUT2D eigenvalue weighted by atomic mass is 79.9. The predicted molar refractivity (Wildman–Crippen MR) is 88.0 cm³/mol. The molecule has 4 nitrogen and oxygen atoms in total. The Balaban J connectivity index is 1.73. The molecule has 3 rings (SSSR count). The van der Waals surface area contributed by atoms with Gasteiger partial charge < -0.3 is 5.32 Å². The lowest BCUT2D eigenvalue weighted by Crippen LogP contribution is -2.28. The SMILES string of the molecule is CC(C)n1ncc(NCC2Cc3ccccc32)c(Br)c1=O. The van der Waals surface area contributed by atoms with Gasteiger partial charge in [-0.15, -0.1) is 0 Å². The molecule has 0 bridgehead atoms. The van der Waals surface area contributed by atoms with Crippen molar-refractivity contribution < 1.29 is 0 Å². The topological polar surface area (TPSA) is 46.9 Å². The van der Waals surface area contributed by atoms with E-state index in [2.05, 4.69) is 50.6 Å². The first kappa shape index (κ1) is 14.3. The summed E-state index contributed by atoms with van der Waals surface area (Å²) in [6, 6.07) is 8.56. The van der Waals surface area contributed by atoms with Gasteiger partial charge in [-0.05, 0) is 47.3 Å². The standard InChI is InChI=1S/C16H18BrN3O/c1-10(2)20-16(21)15(17)14(9-19-20)18-8-12-7-11-5-3-4-6-13(11)12/h3-6,9-10,12,18H,7-8H2,1-2H3. The zero-order chi connectivity index (χ0) is 15.0. The number of benzene rings is 1. The average Bonchev–Trinajstić information content (AvgIpc) is 2.44. The second-order valence-electron chi connectivity index (χ2n) is 5.70. The molecule has 1 aromatic carbocycles. The molecule has 1 aliphatic rings. The summed E-state index contributed by atoms with van der Waals surface area (Å²) in [7, 11) is 0. The summed E-state index contributed by atoms with van der Waals surface area (Å²) < 4.78 is 2.03. The van der Waals surface area contributed by atoms with Gasteiger partial charge in [0.15, 0.2) is 0 Å². The Morgan fingerprint density at radius 1 is 1.43 bits per heavy atom. The minimum absolute atomic E-state index is 0.0568. The van der Waals surface area contributed by atoms with Crippen LogP contribution in [-0.4, -0.2) is 16.3 Å². The summed E-state index contributed by atoms with van der Waals surface area (Å²) in [6.07, 6.45) is 2.81. The molecule has 0 amide bonds. The lowest BCUT2D eigenvalue weighted by atomic mass is 9.77. The smallest absolute Gasteiger partial charge is 0.283 e. The first-order chi connectivity index (χ1) is 10.1. The molecule has 1 unspecified atom stereocenters. The molecule has 0 spiro atoms. The van der Waals surface area contributed by atoms with Gasteiger partial charge in [-0.1, -0.05) is 24.3 Å². The molecular formula is C16H18BrN3O. The highest BCUT2D eigenvalue weighted by molar-refractivity contribution is 9.10. The highest BCUT2D eigenvalue weighted by Gasteiger charge is 2.25. The third kappa shape index (κ3) is 2.62. The highest BCUT2D eigenvalue weighted by Crippen LogP contribution is 2.35. The summed E-state index contributed by atoms with van der Waals surface area (Å²) in [6.45, 7) is 4.71. The van der Waals surface area contributed by atoms with Crippen LogP contribution in [0, 0.1) is 0 Å². The lowest BCUT2D eigenvalue weighted by Gasteiger charge is -2.30. The maximum atomic E-state index is 12.2. The number of aromatic nitrogens is 2. The van der Waals surface area contributed by atoms with E-state index in [1.165, 1.54) is 15.8 Å². The van der Waals surface area contributed by atoms with Gasteiger partial charge in [0, 0.05) is 12.5 Å². The van der Waals surface area contributed by atoms with Gasteiger partial charge >= 0.3 is 0 Å². The van der Waals surface area contributed by atoms with E-state index in [0.29, 0.717) is 10.4 Å². The number of hydrogen-bond acceptors (Lipinski definition) is 3. The van der Waals surface area contributed by atoms with Gasteiger partial charge in [0.25, 0.3) is 5.56 Å². The van der Waals surface area contributed by atoms with Crippen molar-refractivity contribution in [2.45, 2.75) is 32.2 Å². The third-order valence-corrected chi connectivity index (χ3v) is 4.70.